The summed E-state index contributed by atoms with van der Waals surface area (Å²) in [6, 6.07) is 6.55. The van der Waals surface area contributed by atoms with Gasteiger partial charge in [-0.05, 0) is 30.0 Å². The van der Waals surface area contributed by atoms with Crippen molar-refractivity contribution >= 4 is 0 Å². The van der Waals surface area contributed by atoms with E-state index in [-0.39, 0.29) is 11.9 Å². The molecule has 1 rings (SSSR count). The largest absolute Gasteiger partial charge is 0.324 e. The molecule has 0 amide bonds. The summed E-state index contributed by atoms with van der Waals surface area (Å²) in [5.41, 5.74) is 7.11. The number of halogens is 1. The molecule has 1 aromatic carbocycles. The first-order chi connectivity index (χ1) is 7.17. The first-order valence-electron chi connectivity index (χ1n) is 5.68. The lowest BCUT2D eigenvalue weighted by molar-refractivity contribution is 0.414. The summed E-state index contributed by atoms with van der Waals surface area (Å²) >= 11 is 0. The van der Waals surface area contributed by atoms with Gasteiger partial charge in [0, 0.05) is 6.04 Å². The molecule has 0 aromatic heterocycles. The molecule has 0 aliphatic heterocycles. The Bertz CT molecular complexity index is 277. The maximum Gasteiger partial charge on any atom is 0.123 e. The minimum atomic E-state index is -0.200. The number of hydrogen-bond acceptors (Lipinski definition) is 1. The van der Waals surface area contributed by atoms with Crippen LogP contribution in [0, 0.1) is 11.7 Å². The van der Waals surface area contributed by atoms with E-state index < -0.39 is 0 Å². The predicted octanol–water partition coefficient (Wildman–Crippen LogP) is 3.65. The van der Waals surface area contributed by atoms with E-state index in [0.717, 1.165) is 24.8 Å². The summed E-state index contributed by atoms with van der Waals surface area (Å²) < 4.78 is 12.7. The van der Waals surface area contributed by atoms with Gasteiger partial charge in [0.25, 0.3) is 0 Å². The van der Waals surface area contributed by atoms with Crippen LogP contribution in [0.3, 0.4) is 0 Å². The Balaban J connectivity index is 2.60. The van der Waals surface area contributed by atoms with Gasteiger partial charge in [0.05, 0.1) is 0 Å². The van der Waals surface area contributed by atoms with E-state index in [1.807, 2.05) is 0 Å². The van der Waals surface area contributed by atoms with Gasteiger partial charge in [-0.2, -0.15) is 0 Å². The van der Waals surface area contributed by atoms with E-state index in [1.165, 1.54) is 12.1 Å². The van der Waals surface area contributed by atoms with E-state index in [1.54, 1.807) is 12.1 Å². The lowest BCUT2D eigenvalue weighted by Crippen LogP contribution is -2.14. The Morgan fingerprint density at radius 3 is 2.13 bits per heavy atom. The third kappa shape index (κ3) is 3.63. The maximum atomic E-state index is 12.7. The number of benzene rings is 1. The Labute approximate surface area is 91.5 Å². The lowest BCUT2D eigenvalue weighted by Gasteiger charge is -2.18. The summed E-state index contributed by atoms with van der Waals surface area (Å²) in [7, 11) is 0. The summed E-state index contributed by atoms with van der Waals surface area (Å²) in [5.74, 6) is 0.471. The van der Waals surface area contributed by atoms with Crippen LogP contribution in [0.5, 0.6) is 0 Å². The summed E-state index contributed by atoms with van der Waals surface area (Å²) in [6.45, 7) is 4.37. The van der Waals surface area contributed by atoms with Gasteiger partial charge in [-0.15, -0.1) is 0 Å². The fourth-order valence-corrected chi connectivity index (χ4v) is 1.83. The highest BCUT2D eigenvalue weighted by atomic mass is 19.1. The van der Waals surface area contributed by atoms with Crippen molar-refractivity contribution in [3.8, 4) is 0 Å². The van der Waals surface area contributed by atoms with Crippen molar-refractivity contribution in [3.05, 3.63) is 35.6 Å². The average molecular weight is 209 g/mol. The standard InChI is InChI=1S/C13H20FN/c1-3-10(4-2)9-13(15)11-5-7-12(14)8-6-11/h5-8,10,13H,3-4,9,15H2,1-2H3. The minimum absolute atomic E-state index is 0.0375. The van der Waals surface area contributed by atoms with E-state index in [2.05, 4.69) is 13.8 Å². The fourth-order valence-electron chi connectivity index (χ4n) is 1.83. The Morgan fingerprint density at radius 2 is 1.67 bits per heavy atom. The highest BCUT2D eigenvalue weighted by molar-refractivity contribution is 5.19. The summed E-state index contributed by atoms with van der Waals surface area (Å²) in [4.78, 5) is 0. The molecule has 0 fully saturated rings. The third-order valence-electron chi connectivity index (χ3n) is 3.04. The minimum Gasteiger partial charge on any atom is -0.324 e. The fraction of sp³-hybridized carbons (Fsp3) is 0.538. The van der Waals surface area contributed by atoms with Crippen molar-refractivity contribution in [3.63, 3.8) is 0 Å². The molecule has 2 N–H and O–H groups in total. The molecular weight excluding hydrogens is 189 g/mol. The van der Waals surface area contributed by atoms with Gasteiger partial charge in [-0.3, -0.25) is 0 Å². The van der Waals surface area contributed by atoms with Crippen LogP contribution in [-0.4, -0.2) is 0 Å². The second-order valence-corrected chi connectivity index (χ2v) is 4.08. The van der Waals surface area contributed by atoms with Gasteiger partial charge >= 0.3 is 0 Å². The first-order valence-corrected chi connectivity index (χ1v) is 5.68. The van der Waals surface area contributed by atoms with Gasteiger partial charge in [0.1, 0.15) is 5.82 Å². The van der Waals surface area contributed by atoms with Gasteiger partial charge in [-0.1, -0.05) is 38.8 Å². The highest BCUT2D eigenvalue weighted by Crippen LogP contribution is 2.23. The van der Waals surface area contributed by atoms with E-state index in [4.69, 9.17) is 5.73 Å². The molecule has 0 radical (unpaired) electrons. The molecule has 2 heteroatoms. The van der Waals surface area contributed by atoms with Crippen molar-refractivity contribution in [2.24, 2.45) is 11.7 Å². The molecule has 0 heterocycles. The zero-order valence-electron chi connectivity index (χ0n) is 9.54. The number of hydrogen-bond donors (Lipinski definition) is 1. The first kappa shape index (κ1) is 12.2. The van der Waals surface area contributed by atoms with Crippen molar-refractivity contribution in [1.29, 1.82) is 0 Å². The highest BCUT2D eigenvalue weighted by Gasteiger charge is 2.11. The number of rotatable bonds is 5. The van der Waals surface area contributed by atoms with Crippen LogP contribution in [0.25, 0.3) is 0 Å². The molecular formula is C13H20FN. The maximum absolute atomic E-state index is 12.7. The predicted molar refractivity (Wildman–Crippen MR) is 62.0 cm³/mol. The molecule has 0 aliphatic rings. The zero-order chi connectivity index (χ0) is 11.3. The smallest absolute Gasteiger partial charge is 0.123 e. The van der Waals surface area contributed by atoms with Crippen LogP contribution < -0.4 is 5.73 Å². The second kappa shape index (κ2) is 5.86. The molecule has 0 saturated carbocycles. The van der Waals surface area contributed by atoms with Crippen molar-refractivity contribution in [2.45, 2.75) is 39.2 Å². The molecule has 0 saturated heterocycles. The van der Waals surface area contributed by atoms with Crippen LogP contribution in [0.4, 0.5) is 4.39 Å². The molecule has 1 nitrogen and oxygen atoms in total. The normalized spacial score (nSPS) is 13.1. The average Bonchev–Trinajstić information content (AvgIpc) is 2.26. The van der Waals surface area contributed by atoms with Crippen LogP contribution in [0.15, 0.2) is 24.3 Å². The summed E-state index contributed by atoms with van der Waals surface area (Å²) in [6.07, 6.45) is 3.30. The zero-order valence-corrected chi connectivity index (χ0v) is 9.54. The molecule has 1 aromatic rings. The van der Waals surface area contributed by atoms with Crippen LogP contribution in [0.1, 0.15) is 44.7 Å². The monoisotopic (exact) mass is 209 g/mol. The van der Waals surface area contributed by atoms with Gasteiger partial charge in [-0.25, -0.2) is 4.39 Å². The molecule has 0 bridgehead atoms. The molecule has 1 atom stereocenters. The van der Waals surface area contributed by atoms with Crippen LogP contribution in [-0.2, 0) is 0 Å². The SMILES string of the molecule is CCC(CC)CC(N)c1ccc(F)cc1. The second-order valence-electron chi connectivity index (χ2n) is 4.08. The summed E-state index contributed by atoms with van der Waals surface area (Å²) in [5, 5.41) is 0. The molecule has 84 valence electrons. The Hall–Kier alpha value is -0.890. The third-order valence-corrected chi connectivity index (χ3v) is 3.04. The van der Waals surface area contributed by atoms with Crippen molar-refractivity contribution < 1.29 is 4.39 Å². The van der Waals surface area contributed by atoms with Crippen LogP contribution >= 0.6 is 0 Å². The van der Waals surface area contributed by atoms with Crippen molar-refractivity contribution in [2.75, 3.05) is 0 Å². The number of nitrogens with two attached hydrogens (primary N) is 1. The van der Waals surface area contributed by atoms with Crippen molar-refractivity contribution in [1.82, 2.24) is 0 Å². The molecule has 15 heavy (non-hydrogen) atoms. The molecule has 1 unspecified atom stereocenters. The van der Waals surface area contributed by atoms with Crippen LogP contribution in [0.2, 0.25) is 0 Å². The van der Waals surface area contributed by atoms with E-state index in [9.17, 15) is 4.39 Å². The van der Waals surface area contributed by atoms with Gasteiger partial charge < -0.3 is 5.73 Å². The Kier molecular flexibility index (Phi) is 4.76. The topological polar surface area (TPSA) is 26.0 Å². The lowest BCUT2D eigenvalue weighted by atomic mass is 9.92. The molecule has 0 aliphatic carbocycles. The Morgan fingerprint density at radius 1 is 1.13 bits per heavy atom. The van der Waals surface area contributed by atoms with E-state index >= 15 is 0 Å². The van der Waals surface area contributed by atoms with Gasteiger partial charge in [0.2, 0.25) is 0 Å². The quantitative estimate of drug-likeness (QED) is 0.787. The van der Waals surface area contributed by atoms with Gasteiger partial charge in [0.15, 0.2) is 0 Å². The molecule has 0 spiro atoms. The van der Waals surface area contributed by atoms with E-state index in [0.29, 0.717) is 5.92 Å².